The summed E-state index contributed by atoms with van der Waals surface area (Å²) in [5.74, 6) is 6.31. The Bertz CT molecular complexity index is 636. The quantitative estimate of drug-likeness (QED) is 0.495. The van der Waals surface area contributed by atoms with Crippen LogP contribution in [0.15, 0.2) is 46.3 Å². The Morgan fingerprint density at radius 1 is 1.40 bits per heavy atom. The molecule has 3 N–H and O–H groups in total. The van der Waals surface area contributed by atoms with E-state index in [1.54, 1.807) is 25.3 Å². The number of nitrogens with two attached hydrogens (primary N) is 1. The van der Waals surface area contributed by atoms with Crippen LogP contribution < -0.4 is 16.0 Å². The van der Waals surface area contributed by atoms with E-state index >= 15 is 0 Å². The van der Waals surface area contributed by atoms with E-state index in [0.717, 1.165) is 4.90 Å². The van der Waals surface area contributed by atoms with E-state index in [2.05, 4.69) is 10.4 Å². The lowest BCUT2D eigenvalue weighted by atomic mass is 10.3. The summed E-state index contributed by atoms with van der Waals surface area (Å²) in [7, 11) is 1.56. The number of hydrazine groups is 1. The average Bonchev–Trinajstić information content (AvgIpc) is 2.47. The molecule has 0 unspecified atom stereocenters. The lowest BCUT2D eigenvalue weighted by Crippen LogP contribution is -2.09. The number of hydrogen-bond donors (Lipinski definition) is 2. The summed E-state index contributed by atoms with van der Waals surface area (Å²) in [6.07, 6.45) is 0. The normalized spacial score (nSPS) is 10.1. The highest BCUT2D eigenvalue weighted by Crippen LogP contribution is 2.35. The van der Waals surface area contributed by atoms with Gasteiger partial charge >= 0.3 is 5.69 Å². The minimum atomic E-state index is -0.476. The topological polar surface area (TPSA) is 103 Å². The van der Waals surface area contributed by atoms with Crippen molar-refractivity contribution in [3.05, 3.63) is 46.5 Å². The Morgan fingerprint density at radius 3 is 2.85 bits per heavy atom. The van der Waals surface area contributed by atoms with E-state index in [1.807, 2.05) is 6.07 Å². The fourth-order valence-electron chi connectivity index (χ4n) is 1.50. The van der Waals surface area contributed by atoms with Gasteiger partial charge in [-0.05, 0) is 24.3 Å². The molecule has 8 heteroatoms. The SMILES string of the molecule is COc1cccc(Sc2nc(NN)ccc2[N+](=O)[O-])c1. The molecule has 2 rings (SSSR count). The first-order valence-electron chi connectivity index (χ1n) is 5.58. The van der Waals surface area contributed by atoms with Crippen LogP contribution in [0.1, 0.15) is 0 Å². The van der Waals surface area contributed by atoms with Crippen LogP contribution in [-0.4, -0.2) is 17.0 Å². The molecule has 0 aliphatic carbocycles. The van der Waals surface area contributed by atoms with Crippen LogP contribution in [0.5, 0.6) is 5.75 Å². The number of nitro groups is 1. The van der Waals surface area contributed by atoms with Gasteiger partial charge in [0, 0.05) is 11.0 Å². The summed E-state index contributed by atoms with van der Waals surface area (Å²) in [5, 5.41) is 11.3. The molecule has 1 aromatic heterocycles. The van der Waals surface area contributed by atoms with Gasteiger partial charge in [-0.15, -0.1) is 0 Å². The number of nitrogen functional groups attached to an aromatic ring is 1. The molecule has 0 aliphatic heterocycles. The summed E-state index contributed by atoms with van der Waals surface area (Å²) < 4.78 is 5.12. The zero-order valence-electron chi connectivity index (χ0n) is 10.6. The Labute approximate surface area is 119 Å². The smallest absolute Gasteiger partial charge is 0.301 e. The number of rotatable bonds is 5. The maximum Gasteiger partial charge on any atom is 0.301 e. The molecule has 1 aromatic carbocycles. The third-order valence-electron chi connectivity index (χ3n) is 2.44. The second kappa shape index (κ2) is 6.22. The second-order valence-electron chi connectivity index (χ2n) is 3.70. The molecular formula is C12H12N4O3S. The van der Waals surface area contributed by atoms with Crippen LogP contribution in [0.25, 0.3) is 0 Å². The molecule has 20 heavy (non-hydrogen) atoms. The Morgan fingerprint density at radius 2 is 2.20 bits per heavy atom. The number of benzene rings is 1. The summed E-state index contributed by atoms with van der Waals surface area (Å²) >= 11 is 1.17. The van der Waals surface area contributed by atoms with Gasteiger partial charge in [0.15, 0.2) is 5.03 Å². The second-order valence-corrected chi connectivity index (χ2v) is 4.77. The number of anilines is 1. The number of methoxy groups -OCH3 is 1. The first-order chi connectivity index (χ1) is 9.63. The lowest BCUT2D eigenvalue weighted by Gasteiger charge is -2.06. The standard InChI is InChI=1S/C12H12N4O3S/c1-19-8-3-2-4-9(7-8)20-12-10(16(17)18)5-6-11(14-12)15-13/h2-7H,13H2,1H3,(H,14,15). The molecule has 104 valence electrons. The van der Waals surface area contributed by atoms with Crippen molar-refractivity contribution >= 4 is 23.3 Å². The number of nitrogens with one attached hydrogen (secondary N) is 1. The monoisotopic (exact) mass is 292 g/mol. The van der Waals surface area contributed by atoms with Gasteiger partial charge < -0.3 is 10.2 Å². The van der Waals surface area contributed by atoms with Crippen LogP contribution in [0.2, 0.25) is 0 Å². The van der Waals surface area contributed by atoms with Gasteiger partial charge in [-0.25, -0.2) is 10.8 Å². The highest BCUT2D eigenvalue weighted by molar-refractivity contribution is 7.99. The van der Waals surface area contributed by atoms with Crippen molar-refractivity contribution in [1.82, 2.24) is 4.98 Å². The predicted octanol–water partition coefficient (Wildman–Crippen LogP) is 2.44. The minimum absolute atomic E-state index is 0.0724. The average molecular weight is 292 g/mol. The maximum atomic E-state index is 11.0. The number of pyridine rings is 1. The van der Waals surface area contributed by atoms with Crippen molar-refractivity contribution in [2.45, 2.75) is 9.92 Å². The van der Waals surface area contributed by atoms with Crippen molar-refractivity contribution < 1.29 is 9.66 Å². The fraction of sp³-hybridized carbons (Fsp3) is 0.0833. The number of hydrogen-bond acceptors (Lipinski definition) is 7. The van der Waals surface area contributed by atoms with Crippen molar-refractivity contribution in [1.29, 1.82) is 0 Å². The molecule has 7 nitrogen and oxygen atoms in total. The van der Waals surface area contributed by atoms with Gasteiger partial charge in [-0.1, -0.05) is 17.8 Å². The summed E-state index contributed by atoms with van der Waals surface area (Å²) in [4.78, 5) is 15.4. The molecule has 1 heterocycles. The van der Waals surface area contributed by atoms with Gasteiger partial charge in [-0.2, -0.15) is 0 Å². The number of nitrogens with zero attached hydrogens (tertiary/aromatic N) is 2. The Kier molecular flexibility index (Phi) is 4.38. The molecule has 0 spiro atoms. The van der Waals surface area contributed by atoms with E-state index in [0.29, 0.717) is 11.6 Å². The van der Waals surface area contributed by atoms with Gasteiger partial charge in [0.2, 0.25) is 0 Å². The molecule has 0 bridgehead atoms. The molecule has 0 atom stereocenters. The van der Waals surface area contributed by atoms with Crippen molar-refractivity contribution in [2.75, 3.05) is 12.5 Å². The zero-order chi connectivity index (χ0) is 14.5. The highest BCUT2D eigenvalue weighted by atomic mass is 32.2. The minimum Gasteiger partial charge on any atom is -0.497 e. The first kappa shape index (κ1) is 14.1. The third-order valence-corrected chi connectivity index (χ3v) is 3.42. The van der Waals surface area contributed by atoms with Crippen LogP contribution in [-0.2, 0) is 0 Å². The molecule has 0 aliphatic rings. The van der Waals surface area contributed by atoms with Gasteiger partial charge in [0.05, 0.1) is 12.0 Å². The third kappa shape index (κ3) is 3.16. The Hall–Kier alpha value is -2.32. The predicted molar refractivity (Wildman–Crippen MR) is 75.8 cm³/mol. The molecule has 0 fully saturated rings. The van der Waals surface area contributed by atoms with E-state index in [4.69, 9.17) is 10.6 Å². The van der Waals surface area contributed by atoms with E-state index in [9.17, 15) is 10.1 Å². The number of aromatic nitrogens is 1. The lowest BCUT2D eigenvalue weighted by molar-refractivity contribution is -0.388. The summed E-state index contributed by atoms with van der Waals surface area (Å²) in [5.41, 5.74) is 2.30. The molecule has 0 amide bonds. The van der Waals surface area contributed by atoms with Crippen LogP contribution >= 0.6 is 11.8 Å². The van der Waals surface area contributed by atoms with Gasteiger partial charge in [0.25, 0.3) is 0 Å². The highest BCUT2D eigenvalue weighted by Gasteiger charge is 2.17. The number of ether oxygens (including phenoxy) is 1. The summed E-state index contributed by atoms with van der Waals surface area (Å²) in [6.45, 7) is 0. The van der Waals surface area contributed by atoms with Crippen molar-refractivity contribution in [3.8, 4) is 5.75 Å². The van der Waals surface area contributed by atoms with E-state index < -0.39 is 4.92 Å². The van der Waals surface area contributed by atoms with Crippen LogP contribution in [0.3, 0.4) is 0 Å². The molecule has 0 radical (unpaired) electrons. The van der Waals surface area contributed by atoms with Gasteiger partial charge in [-0.3, -0.25) is 10.1 Å². The molecule has 0 saturated heterocycles. The van der Waals surface area contributed by atoms with Crippen LogP contribution in [0, 0.1) is 10.1 Å². The maximum absolute atomic E-state index is 11.0. The van der Waals surface area contributed by atoms with Gasteiger partial charge in [0.1, 0.15) is 11.6 Å². The largest absolute Gasteiger partial charge is 0.497 e. The van der Waals surface area contributed by atoms with Crippen molar-refractivity contribution in [2.24, 2.45) is 5.84 Å². The zero-order valence-corrected chi connectivity index (χ0v) is 11.4. The first-order valence-corrected chi connectivity index (χ1v) is 6.39. The van der Waals surface area contributed by atoms with E-state index in [-0.39, 0.29) is 10.7 Å². The van der Waals surface area contributed by atoms with Crippen LogP contribution in [0.4, 0.5) is 11.5 Å². The molecule has 0 saturated carbocycles. The van der Waals surface area contributed by atoms with Crippen molar-refractivity contribution in [3.63, 3.8) is 0 Å². The fourth-order valence-corrected chi connectivity index (χ4v) is 2.44. The van der Waals surface area contributed by atoms with E-state index in [1.165, 1.54) is 23.9 Å². The Balaban J connectivity index is 2.37. The molecule has 2 aromatic rings. The summed E-state index contributed by atoms with van der Waals surface area (Å²) in [6, 6.07) is 10.0. The molecular weight excluding hydrogens is 280 g/mol.